The van der Waals surface area contributed by atoms with Crippen molar-refractivity contribution >= 4 is 21.4 Å². The lowest BCUT2D eigenvalue weighted by atomic mass is 10.2. The lowest BCUT2D eigenvalue weighted by molar-refractivity contribution is 0.161. The van der Waals surface area contributed by atoms with Crippen molar-refractivity contribution in [3.8, 4) is 0 Å². The van der Waals surface area contributed by atoms with Crippen molar-refractivity contribution in [3.63, 3.8) is 0 Å². The number of methoxy groups -OCH3 is 1. The van der Waals surface area contributed by atoms with Gasteiger partial charge in [-0.2, -0.15) is 0 Å². The first kappa shape index (κ1) is 15.6. The van der Waals surface area contributed by atoms with Crippen LogP contribution in [0.4, 0.5) is 0 Å². The maximum Gasteiger partial charge on any atom is 0.250 e. The summed E-state index contributed by atoms with van der Waals surface area (Å²) >= 11 is 1.24. The Labute approximate surface area is 113 Å². The van der Waals surface area contributed by atoms with Crippen molar-refractivity contribution < 1.29 is 13.2 Å². The van der Waals surface area contributed by atoms with Crippen LogP contribution < -0.4 is 10.0 Å². The van der Waals surface area contributed by atoms with Crippen molar-refractivity contribution in [2.45, 2.75) is 17.7 Å². The Balaban J connectivity index is 2.62. The quantitative estimate of drug-likeness (QED) is 0.751. The molecule has 0 aliphatic rings. The fraction of sp³-hybridized carbons (Fsp3) is 0.636. The summed E-state index contributed by atoms with van der Waals surface area (Å²) in [7, 11) is 0.0494. The van der Waals surface area contributed by atoms with Gasteiger partial charge in [0.25, 0.3) is 0 Å². The van der Waals surface area contributed by atoms with E-state index in [-0.39, 0.29) is 5.92 Å². The summed E-state index contributed by atoms with van der Waals surface area (Å²) < 4.78 is 31.9. The van der Waals surface area contributed by atoms with Crippen LogP contribution >= 0.6 is 11.3 Å². The zero-order valence-electron chi connectivity index (χ0n) is 10.9. The summed E-state index contributed by atoms with van der Waals surface area (Å²) in [6, 6.07) is 1.70. The van der Waals surface area contributed by atoms with Gasteiger partial charge in [0, 0.05) is 26.8 Å². The molecule has 1 atom stereocenters. The standard InChI is InChI=1S/C11H20N2O3S2/c1-9(7-16-3)5-13-18(14,15)11-4-10(6-12-2)8-17-11/h4,8-9,12-13H,5-7H2,1-3H3. The van der Waals surface area contributed by atoms with Gasteiger partial charge in [0.2, 0.25) is 10.0 Å². The maximum absolute atomic E-state index is 12.0. The van der Waals surface area contributed by atoms with E-state index in [2.05, 4.69) is 10.0 Å². The summed E-state index contributed by atoms with van der Waals surface area (Å²) in [5.41, 5.74) is 0.979. The van der Waals surface area contributed by atoms with Crippen LogP contribution in [0.15, 0.2) is 15.7 Å². The molecule has 0 aliphatic carbocycles. The molecule has 0 saturated carbocycles. The van der Waals surface area contributed by atoms with Crippen LogP contribution in [0.5, 0.6) is 0 Å². The molecule has 18 heavy (non-hydrogen) atoms. The molecule has 0 aliphatic heterocycles. The monoisotopic (exact) mass is 292 g/mol. The lowest BCUT2D eigenvalue weighted by Gasteiger charge is -2.10. The van der Waals surface area contributed by atoms with Gasteiger partial charge >= 0.3 is 0 Å². The molecule has 0 fully saturated rings. The van der Waals surface area contributed by atoms with Gasteiger partial charge in [0.05, 0.1) is 0 Å². The molecule has 2 N–H and O–H groups in total. The van der Waals surface area contributed by atoms with Gasteiger partial charge in [0.15, 0.2) is 0 Å². The highest BCUT2D eigenvalue weighted by molar-refractivity contribution is 7.91. The van der Waals surface area contributed by atoms with E-state index in [1.165, 1.54) is 11.3 Å². The number of rotatable bonds is 8. The molecule has 0 saturated heterocycles. The third-order valence-corrected chi connectivity index (χ3v) is 5.26. The van der Waals surface area contributed by atoms with Crippen LogP contribution in [-0.2, 0) is 21.3 Å². The van der Waals surface area contributed by atoms with Gasteiger partial charge in [-0.1, -0.05) is 6.92 Å². The second-order valence-corrected chi connectivity index (χ2v) is 7.12. The highest BCUT2D eigenvalue weighted by atomic mass is 32.2. The number of ether oxygens (including phenoxy) is 1. The van der Waals surface area contributed by atoms with Crippen molar-refractivity contribution in [1.29, 1.82) is 0 Å². The molecule has 0 bridgehead atoms. The number of thiophene rings is 1. The van der Waals surface area contributed by atoms with Gasteiger partial charge in [-0.3, -0.25) is 0 Å². The third kappa shape index (κ3) is 4.66. The first-order valence-corrected chi connectivity index (χ1v) is 8.06. The molecule has 0 aromatic carbocycles. The fourth-order valence-corrected chi connectivity index (χ4v) is 3.88. The zero-order chi connectivity index (χ0) is 13.6. The van der Waals surface area contributed by atoms with E-state index < -0.39 is 10.0 Å². The van der Waals surface area contributed by atoms with Gasteiger partial charge in [-0.05, 0) is 30.0 Å². The molecule has 0 amide bonds. The first-order chi connectivity index (χ1) is 8.49. The van der Waals surface area contributed by atoms with Crippen LogP contribution in [-0.4, -0.2) is 35.7 Å². The van der Waals surface area contributed by atoms with E-state index >= 15 is 0 Å². The number of sulfonamides is 1. The molecule has 7 heteroatoms. The van der Waals surface area contributed by atoms with E-state index in [0.717, 1.165) is 5.56 Å². The maximum atomic E-state index is 12.0. The largest absolute Gasteiger partial charge is 0.384 e. The summed E-state index contributed by atoms with van der Waals surface area (Å²) in [5, 5.41) is 4.84. The van der Waals surface area contributed by atoms with E-state index in [4.69, 9.17) is 4.74 Å². The predicted octanol–water partition coefficient (Wildman–Crippen LogP) is 1.03. The van der Waals surface area contributed by atoms with Gasteiger partial charge < -0.3 is 10.1 Å². The summed E-state index contributed by atoms with van der Waals surface area (Å²) in [4.78, 5) is 0. The normalized spacial score (nSPS) is 13.7. The van der Waals surface area contributed by atoms with E-state index in [1.54, 1.807) is 13.2 Å². The Morgan fingerprint density at radius 3 is 2.83 bits per heavy atom. The predicted molar refractivity (Wildman–Crippen MR) is 73.3 cm³/mol. The van der Waals surface area contributed by atoms with Gasteiger partial charge in [-0.25, -0.2) is 13.1 Å². The lowest BCUT2D eigenvalue weighted by Crippen LogP contribution is -2.29. The van der Waals surface area contributed by atoms with Crippen molar-refractivity contribution in [2.75, 3.05) is 27.3 Å². The number of nitrogens with one attached hydrogen (secondary N) is 2. The second kappa shape index (κ2) is 7.20. The minimum atomic E-state index is -3.39. The Kier molecular flexibility index (Phi) is 6.24. The Hall–Kier alpha value is -0.470. The summed E-state index contributed by atoms with van der Waals surface area (Å²) in [6.07, 6.45) is 0. The molecule has 5 nitrogen and oxygen atoms in total. The minimum absolute atomic E-state index is 0.154. The van der Waals surface area contributed by atoms with Crippen LogP contribution in [0.2, 0.25) is 0 Å². The second-order valence-electron chi connectivity index (χ2n) is 4.22. The molecule has 1 aromatic rings. The average molecular weight is 292 g/mol. The molecule has 104 valence electrons. The molecule has 1 aromatic heterocycles. The molecule has 1 rings (SSSR count). The van der Waals surface area contributed by atoms with E-state index in [0.29, 0.717) is 23.9 Å². The highest BCUT2D eigenvalue weighted by Gasteiger charge is 2.17. The Morgan fingerprint density at radius 1 is 1.50 bits per heavy atom. The average Bonchev–Trinajstić information content (AvgIpc) is 2.77. The van der Waals surface area contributed by atoms with Gasteiger partial charge in [-0.15, -0.1) is 11.3 Å². The summed E-state index contributed by atoms with van der Waals surface area (Å²) in [5.74, 6) is 0.154. The van der Waals surface area contributed by atoms with Crippen LogP contribution in [0, 0.1) is 5.92 Å². The molecule has 1 unspecified atom stereocenters. The van der Waals surface area contributed by atoms with Crippen LogP contribution in [0.25, 0.3) is 0 Å². The topological polar surface area (TPSA) is 67.4 Å². The Morgan fingerprint density at radius 2 is 2.22 bits per heavy atom. The molecule has 1 heterocycles. The number of hydrogen-bond donors (Lipinski definition) is 2. The number of hydrogen-bond acceptors (Lipinski definition) is 5. The van der Waals surface area contributed by atoms with Gasteiger partial charge in [0.1, 0.15) is 4.21 Å². The highest BCUT2D eigenvalue weighted by Crippen LogP contribution is 2.20. The molecule has 0 spiro atoms. The van der Waals surface area contributed by atoms with E-state index in [1.807, 2.05) is 19.4 Å². The van der Waals surface area contributed by atoms with Crippen molar-refractivity contribution in [1.82, 2.24) is 10.0 Å². The SMILES string of the molecule is CNCc1csc(S(=O)(=O)NCC(C)COC)c1. The Bertz CT molecular complexity index is 457. The first-order valence-electron chi connectivity index (χ1n) is 5.70. The molecular formula is C11H20N2O3S2. The molecule has 0 radical (unpaired) electrons. The zero-order valence-corrected chi connectivity index (χ0v) is 12.5. The van der Waals surface area contributed by atoms with E-state index in [9.17, 15) is 8.42 Å². The third-order valence-electron chi connectivity index (χ3n) is 2.35. The minimum Gasteiger partial charge on any atom is -0.384 e. The van der Waals surface area contributed by atoms with Crippen LogP contribution in [0.1, 0.15) is 12.5 Å². The molecular weight excluding hydrogens is 272 g/mol. The van der Waals surface area contributed by atoms with Crippen molar-refractivity contribution in [2.24, 2.45) is 5.92 Å². The van der Waals surface area contributed by atoms with Crippen molar-refractivity contribution in [3.05, 3.63) is 17.0 Å². The fourth-order valence-electron chi connectivity index (χ4n) is 1.46. The van der Waals surface area contributed by atoms with Crippen LogP contribution in [0.3, 0.4) is 0 Å². The smallest absolute Gasteiger partial charge is 0.250 e. The summed E-state index contributed by atoms with van der Waals surface area (Å²) in [6.45, 7) is 3.53.